The van der Waals surface area contributed by atoms with E-state index in [1.54, 1.807) is 0 Å². The lowest BCUT2D eigenvalue weighted by Gasteiger charge is -2.13. The van der Waals surface area contributed by atoms with Gasteiger partial charge in [0, 0.05) is 0 Å². The third-order valence-corrected chi connectivity index (χ3v) is 2.31. The van der Waals surface area contributed by atoms with E-state index in [0.29, 0.717) is 4.52 Å². The first kappa shape index (κ1) is 13.5. The zero-order chi connectivity index (χ0) is 14.0. The van der Waals surface area contributed by atoms with E-state index in [1.807, 2.05) is 0 Å². The molecule has 0 aromatic carbocycles. The SMILES string of the molecule is OCC(CO)Nc1ccc2nnc(C(F)(F)F)n2n1. The quantitative estimate of drug-likeness (QED) is 0.723. The number of aliphatic hydroxyl groups excluding tert-OH is 2. The van der Waals surface area contributed by atoms with Gasteiger partial charge in [0.25, 0.3) is 5.82 Å². The molecule has 10 heteroatoms. The number of nitrogens with one attached hydrogen (secondary N) is 1. The van der Waals surface area contributed by atoms with Crippen LogP contribution in [0.4, 0.5) is 19.0 Å². The Morgan fingerprint density at radius 3 is 2.47 bits per heavy atom. The van der Waals surface area contributed by atoms with Gasteiger partial charge >= 0.3 is 6.18 Å². The number of anilines is 1. The van der Waals surface area contributed by atoms with Crippen LogP contribution in [0, 0.1) is 0 Å². The second kappa shape index (κ2) is 4.97. The van der Waals surface area contributed by atoms with Crippen molar-refractivity contribution in [1.82, 2.24) is 19.8 Å². The Bertz CT molecular complexity index is 566. The topological polar surface area (TPSA) is 95.6 Å². The highest BCUT2D eigenvalue weighted by Gasteiger charge is 2.37. The largest absolute Gasteiger partial charge is 0.453 e. The number of rotatable bonds is 4. The van der Waals surface area contributed by atoms with E-state index in [2.05, 4.69) is 20.6 Å². The van der Waals surface area contributed by atoms with Gasteiger partial charge in [-0.15, -0.1) is 15.3 Å². The number of alkyl halides is 3. The van der Waals surface area contributed by atoms with E-state index in [0.717, 1.165) is 0 Å². The summed E-state index contributed by atoms with van der Waals surface area (Å²) in [5, 5.41) is 30.4. The predicted molar refractivity (Wildman–Crippen MR) is 57.4 cm³/mol. The van der Waals surface area contributed by atoms with Crippen molar-refractivity contribution in [2.24, 2.45) is 0 Å². The minimum atomic E-state index is -4.67. The van der Waals surface area contributed by atoms with Gasteiger partial charge in [0.2, 0.25) is 0 Å². The number of nitrogens with zero attached hydrogens (tertiary/aromatic N) is 4. The lowest BCUT2D eigenvalue weighted by molar-refractivity contribution is -0.146. The first-order valence-electron chi connectivity index (χ1n) is 5.23. The van der Waals surface area contributed by atoms with Gasteiger partial charge < -0.3 is 15.5 Å². The summed E-state index contributed by atoms with van der Waals surface area (Å²) in [6.45, 7) is -0.769. The first-order chi connectivity index (χ1) is 8.95. The van der Waals surface area contributed by atoms with Crippen LogP contribution >= 0.6 is 0 Å². The van der Waals surface area contributed by atoms with Crippen molar-refractivity contribution in [3.63, 3.8) is 0 Å². The van der Waals surface area contributed by atoms with Gasteiger partial charge in [-0.1, -0.05) is 0 Å². The van der Waals surface area contributed by atoms with Crippen molar-refractivity contribution < 1.29 is 23.4 Å². The van der Waals surface area contributed by atoms with E-state index >= 15 is 0 Å². The average molecular weight is 277 g/mol. The molecule has 19 heavy (non-hydrogen) atoms. The number of fused-ring (bicyclic) bond motifs is 1. The fourth-order valence-electron chi connectivity index (χ4n) is 1.40. The minimum Gasteiger partial charge on any atom is -0.394 e. The van der Waals surface area contributed by atoms with E-state index < -0.39 is 18.0 Å². The molecule has 0 radical (unpaired) electrons. The molecule has 2 rings (SSSR count). The average Bonchev–Trinajstić information content (AvgIpc) is 2.78. The monoisotopic (exact) mass is 277 g/mol. The Hall–Kier alpha value is -1.94. The highest BCUT2D eigenvalue weighted by molar-refractivity contribution is 5.44. The Balaban J connectivity index is 2.38. The highest BCUT2D eigenvalue weighted by Crippen LogP contribution is 2.27. The second-order valence-corrected chi connectivity index (χ2v) is 3.72. The number of halogens is 3. The van der Waals surface area contributed by atoms with Gasteiger partial charge in [-0.05, 0) is 12.1 Å². The molecule has 2 aromatic rings. The van der Waals surface area contributed by atoms with E-state index in [4.69, 9.17) is 10.2 Å². The smallest absolute Gasteiger partial charge is 0.394 e. The van der Waals surface area contributed by atoms with Crippen molar-refractivity contribution in [1.29, 1.82) is 0 Å². The first-order valence-corrected chi connectivity index (χ1v) is 5.23. The maximum Gasteiger partial charge on any atom is 0.453 e. The predicted octanol–water partition coefficient (Wildman–Crippen LogP) is -0.0918. The molecule has 0 aliphatic carbocycles. The van der Waals surface area contributed by atoms with Crippen molar-refractivity contribution in [2.75, 3.05) is 18.5 Å². The molecule has 7 nitrogen and oxygen atoms in total. The molecule has 104 valence electrons. The molecule has 2 heterocycles. The Kier molecular flexibility index (Phi) is 3.53. The molecule has 0 spiro atoms. The van der Waals surface area contributed by atoms with Gasteiger partial charge in [-0.2, -0.15) is 17.7 Å². The van der Waals surface area contributed by atoms with Crippen LogP contribution in [0.1, 0.15) is 5.82 Å². The summed E-state index contributed by atoms with van der Waals surface area (Å²) in [6, 6.07) is 1.96. The van der Waals surface area contributed by atoms with E-state index in [-0.39, 0.29) is 24.7 Å². The summed E-state index contributed by atoms with van der Waals surface area (Å²) < 4.78 is 38.4. The van der Waals surface area contributed by atoms with Crippen LogP contribution in [0.15, 0.2) is 12.1 Å². The van der Waals surface area contributed by atoms with E-state index in [9.17, 15) is 13.2 Å². The maximum atomic E-state index is 12.6. The fraction of sp³-hybridized carbons (Fsp3) is 0.444. The molecule has 0 fully saturated rings. The number of aliphatic hydroxyl groups is 2. The number of hydrogen-bond donors (Lipinski definition) is 3. The van der Waals surface area contributed by atoms with Crippen LogP contribution in [-0.4, -0.2) is 49.3 Å². The Labute approximate surface area is 104 Å². The molecule has 2 aromatic heterocycles. The lowest BCUT2D eigenvalue weighted by Crippen LogP contribution is -2.28. The lowest BCUT2D eigenvalue weighted by atomic mass is 10.3. The zero-order valence-electron chi connectivity index (χ0n) is 9.46. The molecular formula is C9H10F3N5O2. The van der Waals surface area contributed by atoms with Gasteiger partial charge in [-0.25, -0.2) is 0 Å². The molecular weight excluding hydrogens is 267 g/mol. The molecule has 0 aliphatic rings. The highest BCUT2D eigenvalue weighted by atomic mass is 19.4. The Morgan fingerprint density at radius 2 is 1.89 bits per heavy atom. The third kappa shape index (κ3) is 2.74. The van der Waals surface area contributed by atoms with E-state index in [1.165, 1.54) is 12.1 Å². The molecule has 0 amide bonds. The van der Waals surface area contributed by atoms with Crippen LogP contribution in [0.3, 0.4) is 0 Å². The number of hydrogen-bond acceptors (Lipinski definition) is 6. The van der Waals surface area contributed by atoms with Crippen LogP contribution in [0.25, 0.3) is 5.65 Å². The van der Waals surface area contributed by atoms with Crippen molar-refractivity contribution in [3.8, 4) is 0 Å². The summed E-state index contributed by atoms with van der Waals surface area (Å²) in [4.78, 5) is 0. The van der Waals surface area contributed by atoms with Gasteiger partial charge in [-0.3, -0.25) is 0 Å². The Morgan fingerprint density at radius 1 is 1.21 bits per heavy atom. The summed E-state index contributed by atoms with van der Waals surface area (Å²) in [5.74, 6) is -1.18. The third-order valence-electron chi connectivity index (χ3n) is 2.31. The van der Waals surface area contributed by atoms with Crippen molar-refractivity contribution in [3.05, 3.63) is 18.0 Å². The zero-order valence-corrected chi connectivity index (χ0v) is 9.46. The van der Waals surface area contributed by atoms with Crippen molar-refractivity contribution in [2.45, 2.75) is 12.2 Å². The normalized spacial score (nSPS) is 12.3. The summed E-state index contributed by atoms with van der Waals surface area (Å²) in [7, 11) is 0. The molecule has 0 aliphatic heterocycles. The second-order valence-electron chi connectivity index (χ2n) is 3.72. The summed E-state index contributed by atoms with van der Waals surface area (Å²) in [5.41, 5.74) is -0.0533. The molecule has 3 N–H and O–H groups in total. The molecule has 0 saturated heterocycles. The fourth-order valence-corrected chi connectivity index (χ4v) is 1.40. The molecule has 0 unspecified atom stereocenters. The summed E-state index contributed by atoms with van der Waals surface area (Å²) >= 11 is 0. The van der Waals surface area contributed by atoms with Gasteiger partial charge in [0.1, 0.15) is 5.82 Å². The molecule has 0 atom stereocenters. The maximum absolute atomic E-state index is 12.6. The molecule has 0 saturated carbocycles. The van der Waals surface area contributed by atoms with Gasteiger partial charge in [0.15, 0.2) is 5.65 Å². The van der Waals surface area contributed by atoms with Crippen LogP contribution < -0.4 is 5.32 Å². The van der Waals surface area contributed by atoms with Crippen LogP contribution in [0.5, 0.6) is 0 Å². The number of aromatic nitrogens is 4. The van der Waals surface area contributed by atoms with Crippen molar-refractivity contribution >= 4 is 11.5 Å². The minimum absolute atomic E-state index is 0.0533. The standard InChI is InChI=1S/C9H10F3N5O2/c10-9(11,12)8-15-14-7-2-1-6(16-17(7)8)13-5(3-18)4-19/h1-2,5,18-19H,3-4H2,(H,13,16). The van der Waals surface area contributed by atoms with Gasteiger partial charge in [0.05, 0.1) is 19.3 Å². The molecule has 0 bridgehead atoms. The van der Waals surface area contributed by atoms with Crippen LogP contribution in [-0.2, 0) is 6.18 Å². The van der Waals surface area contributed by atoms with Crippen LogP contribution in [0.2, 0.25) is 0 Å². The summed E-state index contributed by atoms with van der Waals surface area (Å²) in [6.07, 6.45) is -4.67.